The van der Waals surface area contributed by atoms with Gasteiger partial charge in [0, 0.05) is 56.1 Å². The zero-order valence-electron chi connectivity index (χ0n) is 17.4. The summed E-state index contributed by atoms with van der Waals surface area (Å²) in [6.07, 6.45) is 5.65. The van der Waals surface area contributed by atoms with Crippen molar-refractivity contribution in [1.29, 1.82) is 0 Å². The molecule has 0 spiro atoms. The van der Waals surface area contributed by atoms with Crippen molar-refractivity contribution in [2.75, 3.05) is 20.6 Å². The number of nitrogens with two attached hydrogens (primary N) is 1. The molecule has 32 heavy (non-hydrogen) atoms. The van der Waals surface area contributed by atoms with E-state index in [0.29, 0.717) is 32.9 Å². The monoisotopic (exact) mass is 545 g/mol. The van der Waals surface area contributed by atoms with E-state index in [1.54, 1.807) is 16.8 Å². The van der Waals surface area contributed by atoms with Crippen molar-refractivity contribution in [3.8, 4) is 11.1 Å². The van der Waals surface area contributed by atoms with E-state index >= 15 is 0 Å². The maximum Gasteiger partial charge on any atom is 0.244 e. The van der Waals surface area contributed by atoms with E-state index in [4.69, 9.17) is 17.3 Å². The molecular weight excluding hydrogens is 523 g/mol. The quantitative estimate of drug-likeness (QED) is 0.495. The van der Waals surface area contributed by atoms with Gasteiger partial charge in [-0.25, -0.2) is 17.1 Å². The predicted molar refractivity (Wildman–Crippen MR) is 134 cm³/mol. The lowest BCUT2D eigenvalue weighted by atomic mass is 10.1. The lowest BCUT2D eigenvalue weighted by molar-refractivity contribution is 0.520. The van der Waals surface area contributed by atoms with Crippen LogP contribution in [-0.4, -0.2) is 47.9 Å². The van der Waals surface area contributed by atoms with Crippen LogP contribution < -0.4 is 5.73 Å². The summed E-state index contributed by atoms with van der Waals surface area (Å²) in [7, 11) is -0.753. The Balaban J connectivity index is 0.00000320. The average Bonchev–Trinajstić information content (AvgIpc) is 2.93. The smallest absolute Gasteiger partial charge is 0.244 e. The molecule has 0 atom stereocenters. The Kier molecular flexibility index (Phi) is 11.6. The van der Waals surface area contributed by atoms with Crippen molar-refractivity contribution >= 4 is 69.9 Å². The van der Waals surface area contributed by atoms with E-state index in [2.05, 4.69) is 9.97 Å². The van der Waals surface area contributed by atoms with Gasteiger partial charge in [0.05, 0.1) is 22.6 Å². The van der Waals surface area contributed by atoms with Crippen LogP contribution in [0.3, 0.4) is 0 Å². The standard InChI is InChI=1S/C19H21ClFN5O2S.3ClH/c1-12-18(13-6-16(10-23-8-13)29(27,28)25(2)3)19-17(7-14(20)9-24-19)26(12)11-15(21)4-5-22;;;/h4,6-10H,5,11,22H2,1-3H3;3*1H/b15-4-;;;. The van der Waals surface area contributed by atoms with Gasteiger partial charge in [0.1, 0.15) is 10.7 Å². The summed E-state index contributed by atoms with van der Waals surface area (Å²) in [5, 5.41) is 0.410. The molecule has 0 aliphatic rings. The van der Waals surface area contributed by atoms with Gasteiger partial charge in [-0.05, 0) is 25.1 Å². The minimum Gasteiger partial charge on any atom is -0.336 e. The third-order valence-corrected chi connectivity index (χ3v) is 6.54. The maximum absolute atomic E-state index is 14.2. The molecule has 0 saturated heterocycles. The molecule has 178 valence electrons. The second kappa shape index (κ2) is 12.1. The highest BCUT2D eigenvalue weighted by Gasteiger charge is 2.22. The highest BCUT2D eigenvalue weighted by atomic mass is 35.5. The molecule has 0 fully saturated rings. The van der Waals surface area contributed by atoms with Crippen molar-refractivity contribution in [3.63, 3.8) is 0 Å². The van der Waals surface area contributed by atoms with Crippen molar-refractivity contribution in [2.45, 2.75) is 18.4 Å². The van der Waals surface area contributed by atoms with Crippen LogP contribution in [0.15, 0.2) is 47.5 Å². The Morgan fingerprint density at radius 3 is 2.47 bits per heavy atom. The second-order valence-electron chi connectivity index (χ2n) is 6.65. The molecule has 2 N–H and O–H groups in total. The molecule has 0 bridgehead atoms. The third kappa shape index (κ3) is 5.91. The number of nitrogens with zero attached hydrogens (tertiary/aromatic N) is 4. The van der Waals surface area contributed by atoms with Gasteiger partial charge >= 0.3 is 0 Å². The van der Waals surface area contributed by atoms with Gasteiger partial charge in [-0.3, -0.25) is 9.97 Å². The van der Waals surface area contributed by atoms with Gasteiger partial charge in [-0.1, -0.05) is 11.6 Å². The third-order valence-electron chi connectivity index (χ3n) is 4.56. The molecule has 3 aromatic heterocycles. The number of rotatable bonds is 6. The van der Waals surface area contributed by atoms with Crippen LogP contribution in [0, 0.1) is 6.92 Å². The van der Waals surface area contributed by atoms with E-state index in [1.165, 1.54) is 38.6 Å². The molecule has 0 aliphatic heterocycles. The van der Waals surface area contributed by atoms with Gasteiger partial charge in [-0.15, -0.1) is 37.2 Å². The Bertz CT molecular complexity index is 1220. The number of allylic oxidation sites excluding steroid dienone is 1. The highest BCUT2D eigenvalue weighted by Crippen LogP contribution is 2.35. The first kappa shape index (κ1) is 30.5. The second-order valence-corrected chi connectivity index (χ2v) is 9.24. The Morgan fingerprint density at radius 1 is 1.22 bits per heavy atom. The molecule has 3 rings (SSSR count). The van der Waals surface area contributed by atoms with Gasteiger partial charge in [0.15, 0.2) is 0 Å². The zero-order valence-corrected chi connectivity index (χ0v) is 21.5. The Hall–Kier alpha value is -1.46. The predicted octanol–water partition coefficient (Wildman–Crippen LogP) is 4.39. The summed E-state index contributed by atoms with van der Waals surface area (Å²) in [5.41, 5.74) is 8.55. The average molecular weight is 547 g/mol. The number of pyridine rings is 2. The minimum absolute atomic E-state index is 0. The van der Waals surface area contributed by atoms with E-state index in [-0.39, 0.29) is 61.0 Å². The van der Waals surface area contributed by atoms with Crippen LogP contribution in [0.25, 0.3) is 22.2 Å². The van der Waals surface area contributed by atoms with Crippen molar-refractivity contribution in [2.24, 2.45) is 5.73 Å². The summed E-state index contributed by atoms with van der Waals surface area (Å²) in [6.45, 7) is 1.86. The lowest BCUT2D eigenvalue weighted by Gasteiger charge is -2.12. The van der Waals surface area contributed by atoms with Crippen LogP contribution in [-0.2, 0) is 16.6 Å². The SMILES string of the molecule is Cc1c(-c2cncc(S(=O)(=O)N(C)C)c2)c2ncc(Cl)cc2n1C/C(F)=C/CN.Cl.Cl.Cl. The first-order chi connectivity index (χ1) is 13.7. The molecule has 0 unspecified atom stereocenters. The first-order valence-electron chi connectivity index (χ1n) is 8.73. The highest BCUT2D eigenvalue weighted by molar-refractivity contribution is 7.89. The van der Waals surface area contributed by atoms with E-state index in [9.17, 15) is 12.8 Å². The molecule has 3 heterocycles. The van der Waals surface area contributed by atoms with Crippen LogP contribution >= 0.6 is 48.8 Å². The number of hydrogen-bond donors (Lipinski definition) is 1. The fourth-order valence-corrected chi connectivity index (χ4v) is 4.16. The number of aromatic nitrogens is 3. The zero-order chi connectivity index (χ0) is 21.3. The number of fused-ring (bicyclic) bond motifs is 1. The summed E-state index contributed by atoms with van der Waals surface area (Å²) < 4.78 is 42.1. The minimum atomic E-state index is -3.66. The Morgan fingerprint density at radius 2 is 1.88 bits per heavy atom. The first-order valence-corrected chi connectivity index (χ1v) is 10.6. The lowest BCUT2D eigenvalue weighted by Crippen LogP contribution is -2.22. The Labute approximate surface area is 210 Å². The molecule has 0 radical (unpaired) electrons. The van der Waals surface area contributed by atoms with Crippen LogP contribution in [0.4, 0.5) is 4.39 Å². The van der Waals surface area contributed by atoms with Crippen molar-refractivity contribution in [3.05, 3.63) is 53.3 Å². The molecule has 3 aromatic rings. The number of sulfonamides is 1. The topological polar surface area (TPSA) is 94.1 Å². The van der Waals surface area contributed by atoms with Crippen molar-refractivity contribution < 1.29 is 12.8 Å². The van der Waals surface area contributed by atoms with Gasteiger partial charge in [0.25, 0.3) is 0 Å². The van der Waals surface area contributed by atoms with Gasteiger partial charge in [-0.2, -0.15) is 0 Å². The van der Waals surface area contributed by atoms with Gasteiger partial charge < -0.3 is 10.3 Å². The van der Waals surface area contributed by atoms with E-state index in [1.807, 2.05) is 6.92 Å². The summed E-state index contributed by atoms with van der Waals surface area (Å²) in [6, 6.07) is 3.24. The fourth-order valence-electron chi connectivity index (χ4n) is 3.11. The summed E-state index contributed by atoms with van der Waals surface area (Å²) >= 11 is 6.11. The van der Waals surface area contributed by atoms with Crippen LogP contribution in [0.2, 0.25) is 5.02 Å². The molecule has 0 aromatic carbocycles. The van der Waals surface area contributed by atoms with Crippen molar-refractivity contribution in [1.82, 2.24) is 18.8 Å². The fraction of sp³-hybridized carbons (Fsp3) is 0.263. The molecular formula is C19H24Cl4FN5O2S. The summed E-state index contributed by atoms with van der Waals surface area (Å²) in [4.78, 5) is 8.57. The molecule has 7 nitrogen and oxygen atoms in total. The molecule has 0 aliphatic carbocycles. The number of hydrogen-bond acceptors (Lipinski definition) is 5. The maximum atomic E-state index is 14.2. The van der Waals surface area contributed by atoms with Crippen LogP contribution in [0.5, 0.6) is 0 Å². The van der Waals surface area contributed by atoms with E-state index in [0.717, 1.165) is 4.31 Å². The van der Waals surface area contributed by atoms with E-state index < -0.39 is 10.0 Å². The molecule has 0 saturated carbocycles. The molecule has 0 amide bonds. The van der Waals surface area contributed by atoms with Crippen LogP contribution in [0.1, 0.15) is 5.69 Å². The van der Waals surface area contributed by atoms with Gasteiger partial charge in [0.2, 0.25) is 10.0 Å². The largest absolute Gasteiger partial charge is 0.336 e. The summed E-state index contributed by atoms with van der Waals surface area (Å²) in [5.74, 6) is -0.388. The molecule has 13 heteroatoms. The number of halogens is 5. The normalized spacial score (nSPS) is 11.7.